The number of hydrogen-bond acceptors (Lipinski definition) is 6. The van der Waals surface area contributed by atoms with Crippen molar-refractivity contribution in [2.75, 3.05) is 17.6 Å². The first-order chi connectivity index (χ1) is 8.53. The highest BCUT2D eigenvalue weighted by atomic mass is 32.2. The van der Waals surface area contributed by atoms with E-state index in [1.165, 1.54) is 37.8 Å². The minimum absolute atomic E-state index is 0.0375. The molecular weight excluding hydrogens is 258 g/mol. The molecule has 0 amide bonds. The van der Waals surface area contributed by atoms with Gasteiger partial charge in [-0.1, -0.05) is 5.16 Å². The summed E-state index contributed by atoms with van der Waals surface area (Å²) in [7, 11) is -2.30. The summed E-state index contributed by atoms with van der Waals surface area (Å²) in [6, 6.07) is 4.31. The quantitative estimate of drug-likeness (QED) is 0.804. The van der Waals surface area contributed by atoms with Crippen molar-refractivity contribution in [2.24, 2.45) is 0 Å². The highest BCUT2D eigenvalue weighted by Crippen LogP contribution is 2.25. The van der Waals surface area contributed by atoms with E-state index in [-0.39, 0.29) is 16.3 Å². The van der Waals surface area contributed by atoms with E-state index in [0.29, 0.717) is 5.75 Å². The number of nitrogens with two attached hydrogens (primary N) is 1. The van der Waals surface area contributed by atoms with Crippen LogP contribution < -0.4 is 15.2 Å². The van der Waals surface area contributed by atoms with Crippen molar-refractivity contribution in [1.29, 1.82) is 0 Å². The van der Waals surface area contributed by atoms with Crippen molar-refractivity contribution in [1.82, 2.24) is 5.16 Å². The third-order valence-electron chi connectivity index (χ3n) is 2.19. The Morgan fingerprint density at radius 2 is 2.22 bits per heavy atom. The largest absolute Gasteiger partial charge is 0.497 e. The number of nitrogen functional groups attached to an aromatic ring is 1. The third kappa shape index (κ3) is 2.38. The molecule has 1 aromatic carbocycles. The second-order valence-electron chi connectivity index (χ2n) is 3.42. The van der Waals surface area contributed by atoms with Gasteiger partial charge in [0.1, 0.15) is 22.6 Å². The van der Waals surface area contributed by atoms with Gasteiger partial charge in [0.05, 0.1) is 19.0 Å². The number of methoxy groups -OCH3 is 1. The summed E-state index contributed by atoms with van der Waals surface area (Å²) in [6.45, 7) is 0. The van der Waals surface area contributed by atoms with Crippen LogP contribution in [-0.2, 0) is 10.0 Å². The van der Waals surface area contributed by atoms with E-state index in [2.05, 4.69) is 14.4 Å². The molecule has 0 aliphatic rings. The highest BCUT2D eigenvalue weighted by molar-refractivity contribution is 7.92. The Balaban J connectivity index is 2.35. The fourth-order valence-electron chi connectivity index (χ4n) is 1.36. The van der Waals surface area contributed by atoms with Gasteiger partial charge in [-0.3, -0.25) is 4.72 Å². The van der Waals surface area contributed by atoms with Crippen LogP contribution in [0.2, 0.25) is 0 Å². The van der Waals surface area contributed by atoms with Gasteiger partial charge >= 0.3 is 0 Å². The normalized spacial score (nSPS) is 11.2. The fraction of sp³-hybridized carbons (Fsp3) is 0.100. The lowest BCUT2D eigenvalue weighted by Gasteiger charge is -2.09. The topological polar surface area (TPSA) is 107 Å². The Bertz CT molecular complexity index is 637. The molecule has 0 unspecified atom stereocenters. The maximum atomic E-state index is 12.0. The van der Waals surface area contributed by atoms with Crippen molar-refractivity contribution >= 4 is 21.4 Å². The van der Waals surface area contributed by atoms with Crippen molar-refractivity contribution in [3.8, 4) is 5.75 Å². The van der Waals surface area contributed by atoms with Crippen molar-refractivity contribution in [3.63, 3.8) is 0 Å². The van der Waals surface area contributed by atoms with Gasteiger partial charge in [-0.25, -0.2) is 8.42 Å². The summed E-state index contributed by atoms with van der Waals surface area (Å²) in [5.74, 6) is 0.483. The molecular formula is C10H11N3O4S. The van der Waals surface area contributed by atoms with Gasteiger partial charge < -0.3 is 15.0 Å². The zero-order valence-corrected chi connectivity index (χ0v) is 10.3. The Hall–Kier alpha value is -2.22. The lowest BCUT2D eigenvalue weighted by Crippen LogP contribution is -2.14. The number of benzene rings is 1. The third-order valence-corrected chi connectivity index (χ3v) is 3.65. The number of ether oxygens (including phenoxy) is 1. The molecule has 7 nitrogen and oxygen atoms in total. The van der Waals surface area contributed by atoms with Crippen LogP contribution in [0.25, 0.3) is 0 Å². The molecule has 1 aromatic heterocycles. The van der Waals surface area contributed by atoms with Crippen LogP contribution in [0.3, 0.4) is 0 Å². The molecule has 0 bridgehead atoms. The van der Waals surface area contributed by atoms with Crippen LogP contribution >= 0.6 is 0 Å². The van der Waals surface area contributed by atoms with Crippen LogP contribution in [0.15, 0.2) is 40.1 Å². The van der Waals surface area contributed by atoms with E-state index < -0.39 is 10.0 Å². The summed E-state index contributed by atoms with van der Waals surface area (Å²) >= 11 is 0. The van der Waals surface area contributed by atoms with Crippen LogP contribution in [0.4, 0.5) is 11.4 Å². The molecule has 0 aliphatic heterocycles. The lowest BCUT2D eigenvalue weighted by molar-refractivity contribution is 0.414. The molecule has 8 heteroatoms. The van der Waals surface area contributed by atoms with Crippen molar-refractivity contribution in [3.05, 3.63) is 30.7 Å². The van der Waals surface area contributed by atoms with E-state index in [1.807, 2.05) is 0 Å². The summed E-state index contributed by atoms with van der Waals surface area (Å²) in [5, 5.41) is 3.40. The lowest BCUT2D eigenvalue weighted by atomic mass is 10.3. The maximum Gasteiger partial charge on any atom is 0.264 e. The van der Waals surface area contributed by atoms with Gasteiger partial charge in [-0.2, -0.15) is 0 Å². The molecule has 2 aromatic rings. The molecule has 0 saturated heterocycles. The predicted octanol–water partition coefficient (Wildman–Crippen LogP) is 1.07. The van der Waals surface area contributed by atoms with Gasteiger partial charge in [0.25, 0.3) is 10.0 Å². The zero-order valence-electron chi connectivity index (χ0n) is 9.45. The SMILES string of the molecule is COc1ccc(S(=O)(=O)Nc2cnoc2)c(N)c1. The molecule has 96 valence electrons. The van der Waals surface area contributed by atoms with Crippen LogP contribution in [0.1, 0.15) is 0 Å². The average Bonchev–Trinajstić information content (AvgIpc) is 2.80. The van der Waals surface area contributed by atoms with Gasteiger partial charge in [-0.15, -0.1) is 0 Å². The molecule has 0 radical (unpaired) electrons. The minimum atomic E-state index is -3.77. The average molecular weight is 269 g/mol. The molecule has 0 spiro atoms. The van der Waals surface area contributed by atoms with Gasteiger partial charge in [-0.05, 0) is 12.1 Å². The second-order valence-corrected chi connectivity index (χ2v) is 5.07. The zero-order chi connectivity index (χ0) is 13.2. The highest BCUT2D eigenvalue weighted by Gasteiger charge is 2.18. The van der Waals surface area contributed by atoms with E-state index in [9.17, 15) is 8.42 Å². The smallest absolute Gasteiger partial charge is 0.264 e. The van der Waals surface area contributed by atoms with E-state index >= 15 is 0 Å². The Morgan fingerprint density at radius 3 is 2.78 bits per heavy atom. The molecule has 0 fully saturated rings. The van der Waals surface area contributed by atoms with Crippen LogP contribution in [-0.4, -0.2) is 20.7 Å². The monoisotopic (exact) mass is 269 g/mol. The summed E-state index contributed by atoms with van der Waals surface area (Å²) in [5.41, 5.74) is 6.00. The Kier molecular flexibility index (Phi) is 3.11. The number of anilines is 2. The summed E-state index contributed by atoms with van der Waals surface area (Å²) in [4.78, 5) is -0.0375. The molecule has 3 N–H and O–H groups in total. The molecule has 1 heterocycles. The predicted molar refractivity (Wildman–Crippen MR) is 64.7 cm³/mol. The number of aromatic nitrogens is 1. The van der Waals surface area contributed by atoms with E-state index in [1.54, 1.807) is 0 Å². The molecule has 2 rings (SSSR count). The first-order valence-corrected chi connectivity index (χ1v) is 6.37. The molecule has 0 atom stereocenters. The second kappa shape index (κ2) is 4.57. The minimum Gasteiger partial charge on any atom is -0.497 e. The van der Waals surface area contributed by atoms with Crippen LogP contribution in [0.5, 0.6) is 5.75 Å². The summed E-state index contributed by atoms with van der Waals surface area (Å²) < 4.78 is 35.8. The number of nitrogens with one attached hydrogen (secondary N) is 1. The van der Waals surface area contributed by atoms with Crippen molar-refractivity contribution < 1.29 is 17.7 Å². The first kappa shape index (κ1) is 12.2. The van der Waals surface area contributed by atoms with Crippen LogP contribution in [0, 0.1) is 0 Å². The van der Waals surface area contributed by atoms with Crippen molar-refractivity contribution in [2.45, 2.75) is 4.90 Å². The number of rotatable bonds is 4. The van der Waals surface area contributed by atoms with Gasteiger partial charge in [0.15, 0.2) is 0 Å². The molecule has 18 heavy (non-hydrogen) atoms. The van der Waals surface area contributed by atoms with E-state index in [0.717, 1.165) is 0 Å². The number of hydrogen-bond donors (Lipinski definition) is 2. The standard InChI is InChI=1S/C10H11N3O4S/c1-16-8-2-3-10(9(11)4-8)18(14,15)13-7-5-12-17-6-7/h2-6,13H,11H2,1H3. The maximum absolute atomic E-state index is 12.0. The van der Waals surface area contributed by atoms with Gasteiger partial charge in [0.2, 0.25) is 0 Å². The first-order valence-electron chi connectivity index (χ1n) is 4.88. The Labute approximate surface area is 104 Å². The Morgan fingerprint density at radius 1 is 1.44 bits per heavy atom. The molecule has 0 saturated carbocycles. The summed E-state index contributed by atoms with van der Waals surface area (Å²) in [6.07, 6.45) is 2.43. The number of nitrogens with zero attached hydrogens (tertiary/aromatic N) is 1. The number of sulfonamides is 1. The van der Waals surface area contributed by atoms with E-state index in [4.69, 9.17) is 10.5 Å². The molecule has 0 aliphatic carbocycles. The fourth-order valence-corrected chi connectivity index (χ4v) is 2.50. The van der Waals surface area contributed by atoms with Gasteiger partial charge in [0, 0.05) is 6.07 Å².